The second-order valence-electron chi connectivity index (χ2n) is 4.13. The predicted molar refractivity (Wildman–Crippen MR) is 68.5 cm³/mol. The van der Waals surface area contributed by atoms with E-state index < -0.39 is 21.4 Å². The van der Waals surface area contributed by atoms with E-state index in [1.165, 1.54) is 0 Å². The maximum Gasteiger partial charge on any atom is 0.335 e. The number of nitro groups is 1. The Hall–Kier alpha value is -1.47. The summed E-state index contributed by atoms with van der Waals surface area (Å²) in [7, 11) is 0. The minimum absolute atomic E-state index is 0.289. The van der Waals surface area contributed by atoms with Crippen LogP contribution in [-0.2, 0) is 17.5 Å². The van der Waals surface area contributed by atoms with Crippen LogP contribution >= 0.6 is 0 Å². The second kappa shape index (κ2) is 5.03. The highest BCUT2D eigenvalue weighted by atomic mass is 32.2. The molecule has 0 radical (unpaired) electrons. The molecule has 0 saturated carbocycles. The molecule has 98 valence electrons. The fraction of sp³-hybridized carbons (Fsp3) is 0.455. The molecular weight excluding hydrogens is 256 g/mol. The van der Waals surface area contributed by atoms with Gasteiger partial charge in [0.15, 0.2) is 0 Å². The molecule has 0 spiro atoms. The van der Waals surface area contributed by atoms with Gasteiger partial charge in [0.2, 0.25) is 11.1 Å². The smallest absolute Gasteiger partial charge is 0.335 e. The van der Waals surface area contributed by atoms with Crippen LogP contribution in [0.3, 0.4) is 0 Å². The standard InChI is InChI=1S/C11H14N2O4S/c1-2-12-6-5-8-7-9(3-4-10(8)12)11(13(14)15)18(16)17/h3-4,7,11H,2,5-6H2,1H3,(H,16,17). The van der Waals surface area contributed by atoms with Gasteiger partial charge in [-0.05, 0) is 37.1 Å². The number of fused-ring (bicyclic) bond motifs is 1. The van der Waals surface area contributed by atoms with Gasteiger partial charge >= 0.3 is 5.37 Å². The van der Waals surface area contributed by atoms with Crippen LogP contribution in [0.4, 0.5) is 5.69 Å². The number of hydrogen-bond acceptors (Lipinski definition) is 4. The zero-order chi connectivity index (χ0) is 13.3. The van der Waals surface area contributed by atoms with Crippen molar-refractivity contribution in [3.63, 3.8) is 0 Å². The SMILES string of the molecule is CCN1CCc2cc(C([N+](=O)[O-])S(=O)O)ccc21. The van der Waals surface area contributed by atoms with Crippen molar-refractivity contribution in [1.29, 1.82) is 0 Å². The molecule has 1 aromatic carbocycles. The maximum absolute atomic E-state index is 11.0. The molecule has 7 heteroatoms. The summed E-state index contributed by atoms with van der Waals surface area (Å²) < 4.78 is 20.0. The fourth-order valence-corrected chi connectivity index (χ4v) is 2.81. The van der Waals surface area contributed by atoms with Gasteiger partial charge in [0.25, 0.3) is 0 Å². The summed E-state index contributed by atoms with van der Waals surface area (Å²) in [6.45, 7) is 3.82. The van der Waals surface area contributed by atoms with Gasteiger partial charge in [0, 0.05) is 29.3 Å². The highest BCUT2D eigenvalue weighted by Gasteiger charge is 2.31. The molecule has 1 aromatic rings. The summed E-state index contributed by atoms with van der Waals surface area (Å²) in [5.41, 5.74) is 2.36. The van der Waals surface area contributed by atoms with Crippen molar-refractivity contribution in [2.24, 2.45) is 0 Å². The Balaban J connectivity index is 2.38. The normalized spacial score (nSPS) is 17.3. The Kier molecular flexibility index (Phi) is 3.63. The summed E-state index contributed by atoms with van der Waals surface area (Å²) in [4.78, 5) is 12.3. The van der Waals surface area contributed by atoms with Crippen molar-refractivity contribution in [2.75, 3.05) is 18.0 Å². The molecule has 0 bridgehead atoms. The minimum atomic E-state index is -2.50. The average Bonchev–Trinajstić information content (AvgIpc) is 2.70. The van der Waals surface area contributed by atoms with E-state index in [2.05, 4.69) is 4.90 Å². The van der Waals surface area contributed by atoms with Gasteiger partial charge in [-0.2, -0.15) is 0 Å². The van der Waals surface area contributed by atoms with E-state index in [-0.39, 0.29) is 5.56 Å². The molecule has 0 fully saturated rings. The summed E-state index contributed by atoms with van der Waals surface area (Å²) in [6, 6.07) is 5.03. The predicted octanol–water partition coefficient (Wildman–Crippen LogP) is 1.57. The van der Waals surface area contributed by atoms with E-state index in [1.807, 2.05) is 6.92 Å². The van der Waals surface area contributed by atoms with E-state index in [9.17, 15) is 14.3 Å². The Morgan fingerprint density at radius 1 is 1.61 bits per heavy atom. The lowest BCUT2D eigenvalue weighted by Gasteiger charge is -2.16. The van der Waals surface area contributed by atoms with Crippen LogP contribution in [0.5, 0.6) is 0 Å². The van der Waals surface area contributed by atoms with E-state index in [4.69, 9.17) is 4.55 Å². The number of rotatable bonds is 4. The number of nitrogens with zero attached hydrogens (tertiary/aromatic N) is 2. The number of hydrogen-bond donors (Lipinski definition) is 1. The van der Waals surface area contributed by atoms with Crippen LogP contribution in [0.2, 0.25) is 0 Å². The average molecular weight is 270 g/mol. The van der Waals surface area contributed by atoms with Crippen molar-refractivity contribution < 1.29 is 13.7 Å². The Labute approximate surface area is 107 Å². The largest absolute Gasteiger partial charge is 0.371 e. The lowest BCUT2D eigenvalue weighted by atomic mass is 10.1. The van der Waals surface area contributed by atoms with Crippen LogP contribution in [0.15, 0.2) is 18.2 Å². The summed E-state index contributed by atoms with van der Waals surface area (Å²) in [6.07, 6.45) is 0.819. The van der Waals surface area contributed by atoms with Gasteiger partial charge in [0.05, 0.1) is 0 Å². The third-order valence-electron chi connectivity index (χ3n) is 3.14. The molecule has 0 aromatic heterocycles. The minimum Gasteiger partial charge on any atom is -0.371 e. The number of anilines is 1. The van der Waals surface area contributed by atoms with E-state index >= 15 is 0 Å². The Bertz CT molecular complexity index is 492. The van der Waals surface area contributed by atoms with Gasteiger partial charge in [0.1, 0.15) is 0 Å². The lowest BCUT2D eigenvalue weighted by molar-refractivity contribution is -0.502. The van der Waals surface area contributed by atoms with Crippen LogP contribution in [0, 0.1) is 10.1 Å². The van der Waals surface area contributed by atoms with E-state index in [0.717, 1.165) is 30.8 Å². The van der Waals surface area contributed by atoms with Crippen LogP contribution in [-0.4, -0.2) is 26.8 Å². The van der Waals surface area contributed by atoms with Gasteiger partial charge in [-0.1, -0.05) is 0 Å². The Morgan fingerprint density at radius 2 is 2.33 bits per heavy atom. The molecule has 2 atom stereocenters. The molecule has 0 saturated heterocycles. The van der Waals surface area contributed by atoms with Gasteiger partial charge in [-0.3, -0.25) is 10.1 Å². The van der Waals surface area contributed by atoms with Crippen molar-refractivity contribution in [2.45, 2.75) is 18.7 Å². The maximum atomic E-state index is 11.0. The van der Waals surface area contributed by atoms with Crippen molar-refractivity contribution in [3.8, 4) is 0 Å². The molecule has 1 aliphatic rings. The molecule has 2 rings (SSSR count). The lowest BCUT2D eigenvalue weighted by Crippen LogP contribution is -2.19. The van der Waals surface area contributed by atoms with Gasteiger partial charge in [-0.15, -0.1) is 0 Å². The molecule has 2 unspecified atom stereocenters. The molecule has 18 heavy (non-hydrogen) atoms. The molecule has 1 N–H and O–H groups in total. The molecule has 0 aliphatic carbocycles. The third-order valence-corrected chi connectivity index (χ3v) is 3.97. The monoisotopic (exact) mass is 270 g/mol. The molecule has 6 nitrogen and oxygen atoms in total. The summed E-state index contributed by atoms with van der Waals surface area (Å²) in [5.74, 6) is 0. The summed E-state index contributed by atoms with van der Waals surface area (Å²) in [5, 5.41) is 9.24. The third kappa shape index (κ3) is 2.23. The van der Waals surface area contributed by atoms with Crippen molar-refractivity contribution >= 4 is 16.8 Å². The molecule has 0 amide bonds. The number of likely N-dealkylation sites (N-methyl/N-ethyl adjacent to an activating group) is 1. The summed E-state index contributed by atoms with van der Waals surface area (Å²) >= 11 is -2.50. The first-order valence-electron chi connectivity index (χ1n) is 5.65. The highest BCUT2D eigenvalue weighted by Crippen LogP contribution is 2.31. The van der Waals surface area contributed by atoms with Gasteiger partial charge < -0.3 is 9.45 Å². The topological polar surface area (TPSA) is 83.7 Å². The zero-order valence-corrected chi connectivity index (χ0v) is 10.7. The van der Waals surface area contributed by atoms with Gasteiger partial charge in [-0.25, -0.2) is 4.21 Å². The molecule has 1 heterocycles. The number of benzene rings is 1. The zero-order valence-electron chi connectivity index (χ0n) is 9.91. The molecule has 1 aliphatic heterocycles. The van der Waals surface area contributed by atoms with E-state index in [0.29, 0.717) is 0 Å². The Morgan fingerprint density at radius 3 is 2.89 bits per heavy atom. The highest BCUT2D eigenvalue weighted by molar-refractivity contribution is 7.79. The van der Waals surface area contributed by atoms with Crippen molar-refractivity contribution in [1.82, 2.24) is 0 Å². The van der Waals surface area contributed by atoms with Crippen molar-refractivity contribution in [3.05, 3.63) is 39.4 Å². The molecular formula is C11H14N2O4S. The fourth-order valence-electron chi connectivity index (χ4n) is 2.28. The van der Waals surface area contributed by atoms with Crippen LogP contribution in [0.1, 0.15) is 23.4 Å². The van der Waals surface area contributed by atoms with Crippen LogP contribution < -0.4 is 4.90 Å². The first-order chi connectivity index (χ1) is 8.54. The first kappa shape index (κ1) is 13.0. The van der Waals surface area contributed by atoms with Crippen LogP contribution in [0.25, 0.3) is 0 Å². The quantitative estimate of drug-likeness (QED) is 0.510. The first-order valence-corrected chi connectivity index (χ1v) is 6.82. The van der Waals surface area contributed by atoms with E-state index in [1.54, 1.807) is 18.2 Å². The second-order valence-corrected chi connectivity index (χ2v) is 5.13.